The SMILES string of the molecule is COC(=S)c1cccc(C)c1CC1CCC(=O)NC1=O. The van der Waals surface area contributed by atoms with E-state index >= 15 is 0 Å². The van der Waals surface area contributed by atoms with Gasteiger partial charge in [-0.1, -0.05) is 18.2 Å². The number of hydrogen-bond acceptors (Lipinski definition) is 4. The van der Waals surface area contributed by atoms with E-state index in [2.05, 4.69) is 5.32 Å². The van der Waals surface area contributed by atoms with Crippen LogP contribution in [0.4, 0.5) is 0 Å². The first kappa shape index (κ1) is 14.7. The van der Waals surface area contributed by atoms with Crippen molar-refractivity contribution < 1.29 is 14.3 Å². The Labute approximate surface area is 123 Å². The molecule has 0 aliphatic carbocycles. The van der Waals surface area contributed by atoms with Crippen molar-refractivity contribution in [3.8, 4) is 0 Å². The third-order valence-corrected chi connectivity index (χ3v) is 4.01. The summed E-state index contributed by atoms with van der Waals surface area (Å²) >= 11 is 5.21. The molecule has 4 nitrogen and oxygen atoms in total. The minimum Gasteiger partial charge on any atom is -0.486 e. The summed E-state index contributed by atoms with van der Waals surface area (Å²) in [5.74, 6) is -0.574. The van der Waals surface area contributed by atoms with Crippen LogP contribution in [-0.4, -0.2) is 24.0 Å². The lowest BCUT2D eigenvalue weighted by molar-refractivity contribution is -0.136. The number of imide groups is 1. The van der Waals surface area contributed by atoms with Gasteiger partial charge in [0.2, 0.25) is 11.8 Å². The number of carbonyl (C=O) groups is 2. The number of carbonyl (C=O) groups excluding carboxylic acids is 2. The molecule has 0 saturated carbocycles. The van der Waals surface area contributed by atoms with Crippen molar-refractivity contribution in [2.45, 2.75) is 26.2 Å². The Kier molecular flexibility index (Phi) is 4.49. The summed E-state index contributed by atoms with van der Waals surface area (Å²) in [5.41, 5.74) is 2.95. The van der Waals surface area contributed by atoms with Crippen LogP contribution < -0.4 is 5.32 Å². The molecule has 106 valence electrons. The maximum absolute atomic E-state index is 11.9. The molecule has 1 aromatic rings. The Bertz CT molecular complexity index is 568. The molecular formula is C15H17NO3S. The van der Waals surface area contributed by atoms with Gasteiger partial charge in [0.05, 0.1) is 7.11 Å². The summed E-state index contributed by atoms with van der Waals surface area (Å²) in [7, 11) is 1.54. The van der Waals surface area contributed by atoms with Gasteiger partial charge in [-0.3, -0.25) is 14.9 Å². The first-order valence-electron chi connectivity index (χ1n) is 6.53. The normalized spacial score (nSPS) is 18.6. The maximum atomic E-state index is 11.9. The van der Waals surface area contributed by atoms with Crippen molar-refractivity contribution in [2.24, 2.45) is 5.92 Å². The van der Waals surface area contributed by atoms with Crippen LogP contribution in [0, 0.1) is 12.8 Å². The molecule has 1 aliphatic rings. The van der Waals surface area contributed by atoms with Gasteiger partial charge in [0.15, 0.2) is 5.05 Å². The minimum atomic E-state index is -0.196. The largest absolute Gasteiger partial charge is 0.486 e. The van der Waals surface area contributed by atoms with Crippen molar-refractivity contribution >= 4 is 29.1 Å². The van der Waals surface area contributed by atoms with Crippen LogP contribution >= 0.6 is 12.2 Å². The fourth-order valence-electron chi connectivity index (χ4n) is 2.45. The molecule has 1 aliphatic heterocycles. The second-order valence-electron chi connectivity index (χ2n) is 4.94. The van der Waals surface area contributed by atoms with E-state index in [1.165, 1.54) is 0 Å². The van der Waals surface area contributed by atoms with Crippen molar-refractivity contribution in [3.63, 3.8) is 0 Å². The van der Waals surface area contributed by atoms with Gasteiger partial charge in [0.1, 0.15) is 0 Å². The first-order valence-corrected chi connectivity index (χ1v) is 6.94. The van der Waals surface area contributed by atoms with E-state index in [1.54, 1.807) is 7.11 Å². The number of thiocarbonyl (C=S) groups is 1. The average molecular weight is 291 g/mol. The number of hydrogen-bond donors (Lipinski definition) is 1. The molecule has 0 aromatic heterocycles. The lowest BCUT2D eigenvalue weighted by Gasteiger charge is -2.22. The second-order valence-corrected chi connectivity index (χ2v) is 5.32. The quantitative estimate of drug-likeness (QED) is 0.683. The molecule has 1 N–H and O–H groups in total. The fraction of sp³-hybridized carbons (Fsp3) is 0.400. The Morgan fingerprint density at radius 2 is 2.20 bits per heavy atom. The van der Waals surface area contributed by atoms with Crippen LogP contribution in [0.25, 0.3) is 0 Å². The highest BCUT2D eigenvalue weighted by molar-refractivity contribution is 7.80. The van der Waals surface area contributed by atoms with Crippen molar-refractivity contribution in [1.29, 1.82) is 0 Å². The summed E-state index contributed by atoms with van der Waals surface area (Å²) in [6.45, 7) is 1.99. The van der Waals surface area contributed by atoms with Gasteiger partial charge in [0, 0.05) is 17.9 Å². The van der Waals surface area contributed by atoms with Crippen LogP contribution in [-0.2, 0) is 20.7 Å². The molecule has 1 fully saturated rings. The molecule has 5 heteroatoms. The monoisotopic (exact) mass is 291 g/mol. The summed E-state index contributed by atoms with van der Waals surface area (Å²) in [6, 6.07) is 5.81. The lowest BCUT2D eigenvalue weighted by Crippen LogP contribution is -2.41. The van der Waals surface area contributed by atoms with E-state index in [4.69, 9.17) is 17.0 Å². The topological polar surface area (TPSA) is 55.4 Å². The predicted molar refractivity (Wildman–Crippen MR) is 79.5 cm³/mol. The van der Waals surface area contributed by atoms with Gasteiger partial charge >= 0.3 is 0 Å². The van der Waals surface area contributed by atoms with E-state index < -0.39 is 0 Å². The van der Waals surface area contributed by atoms with Gasteiger partial charge in [-0.2, -0.15) is 0 Å². The van der Waals surface area contributed by atoms with Crippen molar-refractivity contribution in [2.75, 3.05) is 7.11 Å². The minimum absolute atomic E-state index is 0.188. The van der Waals surface area contributed by atoms with E-state index in [9.17, 15) is 9.59 Å². The highest BCUT2D eigenvalue weighted by atomic mass is 32.1. The molecule has 0 spiro atoms. The number of benzene rings is 1. The molecule has 2 amide bonds. The van der Waals surface area contributed by atoms with Crippen molar-refractivity contribution in [1.82, 2.24) is 5.32 Å². The van der Waals surface area contributed by atoms with E-state index in [1.807, 2.05) is 25.1 Å². The first-order chi connectivity index (χ1) is 9.52. The van der Waals surface area contributed by atoms with Crippen molar-refractivity contribution in [3.05, 3.63) is 34.9 Å². The molecule has 1 aromatic carbocycles. The molecule has 1 saturated heterocycles. The van der Waals surface area contributed by atoms with Crippen LogP contribution in [0.3, 0.4) is 0 Å². The number of rotatable bonds is 3. The summed E-state index contributed by atoms with van der Waals surface area (Å²) in [6.07, 6.45) is 1.55. The smallest absolute Gasteiger partial charge is 0.230 e. The highest BCUT2D eigenvalue weighted by Crippen LogP contribution is 2.24. The molecule has 2 rings (SSSR count). The second kappa shape index (κ2) is 6.13. The number of nitrogens with one attached hydrogen (secondary N) is 1. The van der Waals surface area contributed by atoms with E-state index in [0.29, 0.717) is 24.3 Å². The Morgan fingerprint density at radius 3 is 2.85 bits per heavy atom. The Hall–Kier alpha value is -1.75. The standard InChI is InChI=1S/C15H17NO3S/c1-9-4-3-5-11(15(20)19-2)12(9)8-10-6-7-13(17)16-14(10)18/h3-5,10H,6-8H2,1-2H3,(H,16,17,18). The summed E-state index contributed by atoms with van der Waals surface area (Å²) in [5, 5.41) is 2.82. The van der Waals surface area contributed by atoms with E-state index in [-0.39, 0.29) is 17.7 Å². The van der Waals surface area contributed by atoms with Gasteiger partial charge in [-0.15, -0.1) is 0 Å². The van der Waals surface area contributed by atoms with Crippen LogP contribution in [0.1, 0.15) is 29.5 Å². The van der Waals surface area contributed by atoms with Gasteiger partial charge in [-0.05, 0) is 43.1 Å². The third kappa shape index (κ3) is 3.04. The zero-order valence-corrected chi connectivity index (χ0v) is 12.4. The number of aryl methyl sites for hydroxylation is 1. The number of piperidine rings is 1. The molecular weight excluding hydrogens is 274 g/mol. The van der Waals surface area contributed by atoms with Gasteiger partial charge in [0.25, 0.3) is 0 Å². The summed E-state index contributed by atoms with van der Waals surface area (Å²) < 4.78 is 5.14. The van der Waals surface area contributed by atoms with Crippen LogP contribution in [0.5, 0.6) is 0 Å². The number of amides is 2. The van der Waals surface area contributed by atoms with E-state index in [0.717, 1.165) is 16.7 Å². The average Bonchev–Trinajstić information content (AvgIpc) is 2.42. The molecule has 0 radical (unpaired) electrons. The molecule has 20 heavy (non-hydrogen) atoms. The molecule has 1 heterocycles. The summed E-state index contributed by atoms with van der Waals surface area (Å²) in [4.78, 5) is 23.1. The molecule has 1 unspecified atom stereocenters. The fourth-order valence-corrected chi connectivity index (χ4v) is 2.65. The van der Waals surface area contributed by atoms with Crippen LogP contribution in [0.2, 0.25) is 0 Å². The highest BCUT2D eigenvalue weighted by Gasteiger charge is 2.28. The predicted octanol–water partition coefficient (Wildman–Crippen LogP) is 1.91. The van der Waals surface area contributed by atoms with Crippen LogP contribution in [0.15, 0.2) is 18.2 Å². The Balaban J connectivity index is 2.27. The Morgan fingerprint density at radius 1 is 1.45 bits per heavy atom. The zero-order chi connectivity index (χ0) is 14.7. The lowest BCUT2D eigenvalue weighted by atomic mass is 9.87. The maximum Gasteiger partial charge on any atom is 0.230 e. The van der Waals surface area contributed by atoms with Gasteiger partial charge in [-0.25, -0.2) is 0 Å². The number of methoxy groups -OCH3 is 1. The number of ether oxygens (including phenoxy) is 1. The third-order valence-electron chi connectivity index (χ3n) is 3.62. The molecule has 1 atom stereocenters. The zero-order valence-electron chi connectivity index (χ0n) is 11.6. The van der Waals surface area contributed by atoms with Gasteiger partial charge < -0.3 is 4.74 Å². The molecule has 0 bridgehead atoms.